The molecule has 1 aromatic heterocycles. The van der Waals surface area contributed by atoms with Gasteiger partial charge in [-0.05, 0) is 61.8 Å². The first-order valence-corrected chi connectivity index (χ1v) is 11.6. The number of rotatable bonds is 7. The maximum Gasteiger partial charge on any atom is 0.359 e. The zero-order chi connectivity index (χ0) is 23.4. The Morgan fingerprint density at radius 3 is 2.58 bits per heavy atom. The van der Waals surface area contributed by atoms with Crippen LogP contribution >= 0.6 is 0 Å². The molecule has 7 heteroatoms. The summed E-state index contributed by atoms with van der Waals surface area (Å²) in [6.07, 6.45) is 5.30. The summed E-state index contributed by atoms with van der Waals surface area (Å²) in [6.45, 7) is 3.81. The highest BCUT2D eigenvalue weighted by Crippen LogP contribution is 2.24. The molecule has 0 radical (unpaired) electrons. The van der Waals surface area contributed by atoms with E-state index in [0.29, 0.717) is 23.7 Å². The van der Waals surface area contributed by atoms with Crippen molar-refractivity contribution >= 4 is 22.6 Å². The minimum atomic E-state index is -0.729. The van der Waals surface area contributed by atoms with Crippen LogP contribution in [0, 0.1) is 0 Å². The molecule has 1 aliphatic rings. The van der Waals surface area contributed by atoms with Crippen LogP contribution in [-0.2, 0) is 28.9 Å². The summed E-state index contributed by atoms with van der Waals surface area (Å²) >= 11 is 0. The van der Waals surface area contributed by atoms with Crippen LogP contribution in [0.1, 0.15) is 66.3 Å². The van der Waals surface area contributed by atoms with Crippen molar-refractivity contribution in [3.05, 3.63) is 75.2 Å². The number of nitrogens with zero attached hydrogens (tertiary/aromatic N) is 2. The van der Waals surface area contributed by atoms with Crippen molar-refractivity contribution in [1.29, 1.82) is 0 Å². The number of nitrogens with one attached hydrogen (secondary N) is 1. The lowest BCUT2D eigenvalue weighted by atomic mass is 9.89. The smallest absolute Gasteiger partial charge is 0.359 e. The predicted molar refractivity (Wildman–Crippen MR) is 126 cm³/mol. The lowest BCUT2D eigenvalue weighted by molar-refractivity contribution is -0.124. The number of amides is 1. The lowest BCUT2D eigenvalue weighted by Crippen LogP contribution is -2.32. The summed E-state index contributed by atoms with van der Waals surface area (Å²) in [7, 11) is 0. The van der Waals surface area contributed by atoms with Gasteiger partial charge >= 0.3 is 5.97 Å². The van der Waals surface area contributed by atoms with Crippen molar-refractivity contribution in [1.82, 2.24) is 15.1 Å². The molecule has 1 atom stereocenters. The molecule has 1 heterocycles. The third kappa shape index (κ3) is 4.97. The number of carbonyl (C=O) groups excluding carboxylic acids is 2. The number of aromatic nitrogens is 2. The van der Waals surface area contributed by atoms with Crippen LogP contribution in [-0.4, -0.2) is 28.3 Å². The van der Waals surface area contributed by atoms with E-state index >= 15 is 0 Å². The molecule has 172 valence electrons. The Labute approximate surface area is 192 Å². The number of fused-ring (bicyclic) bond motifs is 2. The molecule has 0 aliphatic heterocycles. The number of hydrogen-bond acceptors (Lipinski definition) is 5. The van der Waals surface area contributed by atoms with Crippen molar-refractivity contribution in [3.63, 3.8) is 0 Å². The van der Waals surface area contributed by atoms with Crippen LogP contribution in [0.5, 0.6) is 0 Å². The van der Waals surface area contributed by atoms with Gasteiger partial charge in [-0.15, -0.1) is 0 Å². The molecule has 1 aliphatic carbocycles. The Balaban J connectivity index is 1.43. The Bertz CT molecular complexity index is 1250. The standard InChI is InChI=1S/C26H29N3O4/c1-3-14-29-25(31)22-11-7-6-10-21(22)24(28-29)26(32)33-16-23(30)27-17(2)19-13-12-18-8-4-5-9-20(18)15-19/h6-7,10-13,15,17H,3-5,8-9,14,16H2,1-2H3,(H,27,30). The summed E-state index contributed by atoms with van der Waals surface area (Å²) in [4.78, 5) is 37.8. The van der Waals surface area contributed by atoms with Gasteiger partial charge in [0.05, 0.1) is 11.4 Å². The number of aryl methyl sites for hydroxylation is 3. The molecule has 1 amide bonds. The van der Waals surface area contributed by atoms with Gasteiger partial charge in [-0.2, -0.15) is 5.10 Å². The van der Waals surface area contributed by atoms with Crippen molar-refractivity contribution in [3.8, 4) is 0 Å². The molecule has 0 saturated heterocycles. The molecule has 7 nitrogen and oxygen atoms in total. The fraction of sp³-hybridized carbons (Fsp3) is 0.385. The van der Waals surface area contributed by atoms with Crippen LogP contribution in [0.4, 0.5) is 0 Å². The zero-order valence-electron chi connectivity index (χ0n) is 19.1. The quantitative estimate of drug-likeness (QED) is 0.558. The van der Waals surface area contributed by atoms with Gasteiger partial charge in [0.1, 0.15) is 0 Å². The van der Waals surface area contributed by atoms with Crippen LogP contribution in [0.25, 0.3) is 10.8 Å². The highest BCUT2D eigenvalue weighted by molar-refractivity contribution is 6.02. The van der Waals surface area contributed by atoms with Crippen LogP contribution in [0.3, 0.4) is 0 Å². The highest BCUT2D eigenvalue weighted by Gasteiger charge is 2.20. The van der Waals surface area contributed by atoms with Crippen LogP contribution in [0.2, 0.25) is 0 Å². The van der Waals surface area contributed by atoms with Gasteiger partial charge in [0.25, 0.3) is 11.5 Å². The van der Waals surface area contributed by atoms with E-state index in [1.165, 1.54) is 28.7 Å². The second-order valence-electron chi connectivity index (χ2n) is 8.52. The minimum Gasteiger partial charge on any atom is -0.451 e. The van der Waals surface area contributed by atoms with Gasteiger partial charge in [0.15, 0.2) is 12.3 Å². The molecular formula is C26H29N3O4. The molecule has 1 unspecified atom stereocenters. The number of carbonyl (C=O) groups is 2. The average molecular weight is 448 g/mol. The maximum atomic E-state index is 12.8. The fourth-order valence-corrected chi connectivity index (χ4v) is 4.34. The first kappa shape index (κ1) is 22.7. The Morgan fingerprint density at radius 2 is 1.82 bits per heavy atom. The Morgan fingerprint density at radius 1 is 1.09 bits per heavy atom. The summed E-state index contributed by atoms with van der Waals surface area (Å²) < 4.78 is 6.54. The third-order valence-electron chi connectivity index (χ3n) is 6.08. The van der Waals surface area contributed by atoms with Crippen molar-refractivity contribution in [2.75, 3.05) is 6.61 Å². The number of esters is 1. The zero-order valence-corrected chi connectivity index (χ0v) is 19.1. The van der Waals surface area contributed by atoms with E-state index in [1.807, 2.05) is 19.9 Å². The monoisotopic (exact) mass is 447 g/mol. The van der Waals surface area contributed by atoms with E-state index in [0.717, 1.165) is 18.4 Å². The third-order valence-corrected chi connectivity index (χ3v) is 6.08. The molecular weight excluding hydrogens is 418 g/mol. The van der Waals surface area contributed by atoms with Gasteiger partial charge in [0.2, 0.25) is 0 Å². The van der Waals surface area contributed by atoms with E-state index in [4.69, 9.17) is 4.74 Å². The topological polar surface area (TPSA) is 90.3 Å². The Hall–Kier alpha value is -3.48. The fourth-order valence-electron chi connectivity index (χ4n) is 4.34. The van der Waals surface area contributed by atoms with Gasteiger partial charge in [-0.25, -0.2) is 9.48 Å². The first-order valence-electron chi connectivity index (χ1n) is 11.6. The van der Waals surface area contributed by atoms with Crippen LogP contribution < -0.4 is 10.9 Å². The maximum absolute atomic E-state index is 12.8. The summed E-state index contributed by atoms with van der Waals surface area (Å²) in [5.41, 5.74) is 3.57. The van der Waals surface area contributed by atoms with Crippen molar-refractivity contribution < 1.29 is 14.3 Å². The molecule has 0 spiro atoms. The van der Waals surface area contributed by atoms with E-state index in [9.17, 15) is 14.4 Å². The Kier molecular flexibility index (Phi) is 6.87. The van der Waals surface area contributed by atoms with Gasteiger partial charge in [0, 0.05) is 11.9 Å². The van der Waals surface area contributed by atoms with E-state index in [1.54, 1.807) is 24.3 Å². The van der Waals surface area contributed by atoms with E-state index in [-0.39, 0.29) is 23.2 Å². The predicted octanol–water partition coefficient (Wildman–Crippen LogP) is 3.72. The largest absolute Gasteiger partial charge is 0.451 e. The molecule has 4 rings (SSSR count). The van der Waals surface area contributed by atoms with Gasteiger partial charge in [-0.3, -0.25) is 9.59 Å². The van der Waals surface area contributed by atoms with Crippen LogP contribution in [0.15, 0.2) is 47.3 Å². The molecule has 33 heavy (non-hydrogen) atoms. The van der Waals surface area contributed by atoms with Crippen molar-refractivity contribution in [2.24, 2.45) is 0 Å². The molecule has 0 fully saturated rings. The number of benzene rings is 2. The first-order chi connectivity index (χ1) is 16.0. The summed E-state index contributed by atoms with van der Waals surface area (Å²) in [6, 6.07) is 13.0. The molecule has 0 saturated carbocycles. The van der Waals surface area contributed by atoms with Gasteiger partial charge < -0.3 is 10.1 Å². The van der Waals surface area contributed by atoms with Gasteiger partial charge in [-0.1, -0.05) is 43.3 Å². The van der Waals surface area contributed by atoms with Crippen molar-refractivity contribution in [2.45, 2.75) is 58.5 Å². The second kappa shape index (κ2) is 9.98. The minimum absolute atomic E-state index is 0.0363. The van der Waals surface area contributed by atoms with E-state index < -0.39 is 12.6 Å². The lowest BCUT2D eigenvalue weighted by Gasteiger charge is -2.20. The molecule has 2 aromatic carbocycles. The number of hydrogen-bond donors (Lipinski definition) is 1. The van der Waals surface area contributed by atoms with E-state index in [2.05, 4.69) is 22.5 Å². The SMILES string of the molecule is CCCn1nc(C(=O)OCC(=O)NC(C)c2ccc3c(c2)CCCC3)c2ccccc2c1=O. The molecule has 3 aromatic rings. The summed E-state index contributed by atoms with van der Waals surface area (Å²) in [5, 5.41) is 7.93. The normalized spacial score (nSPS) is 13.9. The molecule has 0 bridgehead atoms. The average Bonchev–Trinajstić information content (AvgIpc) is 2.84. The number of ether oxygens (including phenoxy) is 1. The molecule has 1 N–H and O–H groups in total. The summed E-state index contributed by atoms with van der Waals surface area (Å²) in [5.74, 6) is -1.12. The highest BCUT2D eigenvalue weighted by atomic mass is 16.5. The second-order valence-corrected chi connectivity index (χ2v) is 8.52.